The van der Waals surface area contributed by atoms with Gasteiger partial charge in [0.25, 0.3) is 0 Å². The number of likely N-dealkylation sites (tertiary alicyclic amines) is 1. The fourth-order valence-electron chi connectivity index (χ4n) is 2.52. The third kappa shape index (κ3) is 5.03. The van der Waals surface area contributed by atoms with Crippen molar-refractivity contribution in [3.05, 3.63) is 24.3 Å². The lowest BCUT2D eigenvalue weighted by Crippen LogP contribution is -2.42. The van der Waals surface area contributed by atoms with Crippen LogP contribution in [0.15, 0.2) is 24.3 Å². The summed E-state index contributed by atoms with van der Waals surface area (Å²) in [4.78, 5) is 14.0. The Balaban J connectivity index is 1.94. The predicted molar refractivity (Wildman–Crippen MR) is 87.8 cm³/mol. The number of nitrogens with zero attached hydrogens (tertiary/aromatic N) is 1. The van der Waals surface area contributed by atoms with E-state index in [1.54, 1.807) is 12.0 Å². The maximum atomic E-state index is 12.3. The molecular weight excluding hydrogens is 296 g/mol. The normalized spacial score (nSPS) is 21.2. The Hall–Kier alpha value is -1.95. The van der Waals surface area contributed by atoms with Crippen molar-refractivity contribution < 1.29 is 19.0 Å². The van der Waals surface area contributed by atoms with E-state index in [0.717, 1.165) is 11.5 Å². The molecule has 0 aliphatic carbocycles. The molecule has 1 aromatic carbocycles. The Morgan fingerprint density at radius 1 is 1.26 bits per heavy atom. The number of methoxy groups -OCH3 is 1. The lowest BCUT2D eigenvalue weighted by Gasteiger charge is -2.28. The lowest BCUT2D eigenvalue weighted by molar-refractivity contribution is 0.0186. The summed E-state index contributed by atoms with van der Waals surface area (Å²) >= 11 is 0. The van der Waals surface area contributed by atoms with Crippen LogP contribution in [0, 0.1) is 0 Å². The van der Waals surface area contributed by atoms with E-state index in [1.807, 2.05) is 45.0 Å². The molecule has 6 heteroatoms. The molecule has 1 heterocycles. The van der Waals surface area contributed by atoms with Crippen molar-refractivity contribution in [1.82, 2.24) is 4.90 Å². The summed E-state index contributed by atoms with van der Waals surface area (Å²) < 4.78 is 16.3. The number of ether oxygens (including phenoxy) is 3. The molecule has 0 bridgehead atoms. The first-order valence-electron chi connectivity index (χ1n) is 7.80. The lowest BCUT2D eigenvalue weighted by atomic mass is 10.2. The summed E-state index contributed by atoms with van der Waals surface area (Å²) in [5.41, 5.74) is 5.48. The smallest absolute Gasteiger partial charge is 0.410 e. The SMILES string of the molecule is COc1ccc(OC[C@H]2C[C@@H](N)CN2C(=O)OC(C)(C)C)cc1. The average Bonchev–Trinajstić information content (AvgIpc) is 2.85. The van der Waals surface area contributed by atoms with Crippen LogP contribution in [-0.4, -0.2) is 48.9 Å². The topological polar surface area (TPSA) is 74.0 Å². The van der Waals surface area contributed by atoms with Gasteiger partial charge in [0.15, 0.2) is 0 Å². The Labute approximate surface area is 137 Å². The van der Waals surface area contributed by atoms with Crippen molar-refractivity contribution in [1.29, 1.82) is 0 Å². The van der Waals surface area contributed by atoms with E-state index >= 15 is 0 Å². The number of rotatable bonds is 4. The minimum Gasteiger partial charge on any atom is -0.497 e. The maximum Gasteiger partial charge on any atom is 0.410 e. The van der Waals surface area contributed by atoms with E-state index in [4.69, 9.17) is 19.9 Å². The van der Waals surface area contributed by atoms with E-state index in [0.29, 0.717) is 19.6 Å². The third-order valence-corrected chi connectivity index (χ3v) is 3.58. The predicted octanol–water partition coefficient (Wildman–Crippen LogP) is 2.41. The highest BCUT2D eigenvalue weighted by atomic mass is 16.6. The molecule has 1 fully saturated rings. The molecule has 2 rings (SSSR count). The molecule has 0 aromatic heterocycles. The minimum absolute atomic E-state index is 0.0491. The molecular formula is C17H26N2O4. The number of carbonyl (C=O) groups is 1. The van der Waals surface area contributed by atoms with E-state index in [1.165, 1.54) is 0 Å². The number of carbonyl (C=O) groups excluding carboxylic acids is 1. The molecule has 2 atom stereocenters. The van der Waals surface area contributed by atoms with Crippen LogP contribution < -0.4 is 15.2 Å². The van der Waals surface area contributed by atoms with Gasteiger partial charge in [-0.15, -0.1) is 0 Å². The minimum atomic E-state index is -0.523. The maximum absolute atomic E-state index is 12.3. The van der Waals surface area contributed by atoms with Gasteiger partial charge in [-0.1, -0.05) is 0 Å². The molecule has 6 nitrogen and oxygen atoms in total. The number of nitrogens with two attached hydrogens (primary N) is 1. The zero-order chi connectivity index (χ0) is 17.0. The first kappa shape index (κ1) is 17.4. The van der Waals surface area contributed by atoms with Crippen molar-refractivity contribution in [3.8, 4) is 11.5 Å². The quantitative estimate of drug-likeness (QED) is 0.921. The van der Waals surface area contributed by atoms with Crippen LogP contribution in [0.5, 0.6) is 11.5 Å². The molecule has 1 aliphatic heterocycles. The van der Waals surface area contributed by atoms with Gasteiger partial charge >= 0.3 is 6.09 Å². The van der Waals surface area contributed by atoms with Crippen LogP contribution in [0.25, 0.3) is 0 Å². The summed E-state index contributed by atoms with van der Waals surface area (Å²) in [5, 5.41) is 0. The van der Waals surface area contributed by atoms with Crippen molar-refractivity contribution in [3.63, 3.8) is 0 Å². The van der Waals surface area contributed by atoms with E-state index < -0.39 is 5.60 Å². The first-order valence-corrected chi connectivity index (χ1v) is 7.80. The Bertz CT molecular complexity index is 524. The molecule has 0 radical (unpaired) electrons. The van der Waals surface area contributed by atoms with Gasteiger partial charge in [0.05, 0.1) is 13.2 Å². The molecule has 1 amide bonds. The van der Waals surface area contributed by atoms with Crippen LogP contribution in [0.4, 0.5) is 4.79 Å². The molecule has 0 saturated carbocycles. The van der Waals surface area contributed by atoms with Gasteiger partial charge < -0.3 is 24.8 Å². The van der Waals surface area contributed by atoms with Crippen molar-refractivity contribution in [2.75, 3.05) is 20.3 Å². The second kappa shape index (κ2) is 7.08. The average molecular weight is 322 g/mol. The Kier molecular flexibility index (Phi) is 5.36. The van der Waals surface area contributed by atoms with Gasteiger partial charge in [-0.3, -0.25) is 0 Å². The standard InChI is InChI=1S/C17H26N2O4/c1-17(2,3)23-16(20)19-10-12(18)9-13(19)11-22-15-7-5-14(21-4)6-8-15/h5-8,12-13H,9-11,18H2,1-4H3/t12-,13-/m1/s1. The largest absolute Gasteiger partial charge is 0.497 e. The van der Waals surface area contributed by atoms with E-state index in [9.17, 15) is 4.79 Å². The fraction of sp³-hybridized carbons (Fsp3) is 0.588. The van der Waals surface area contributed by atoms with E-state index in [-0.39, 0.29) is 18.2 Å². The highest BCUT2D eigenvalue weighted by Gasteiger charge is 2.36. The summed E-state index contributed by atoms with van der Waals surface area (Å²) in [5.74, 6) is 1.51. The van der Waals surface area contributed by atoms with Crippen molar-refractivity contribution >= 4 is 6.09 Å². The van der Waals surface area contributed by atoms with Gasteiger partial charge in [-0.2, -0.15) is 0 Å². The summed E-state index contributed by atoms with van der Waals surface area (Å²) in [6.45, 7) is 6.43. The van der Waals surface area contributed by atoms with Gasteiger partial charge in [-0.05, 0) is 51.5 Å². The van der Waals surface area contributed by atoms with Gasteiger partial charge in [0.2, 0.25) is 0 Å². The fourth-order valence-corrected chi connectivity index (χ4v) is 2.52. The highest BCUT2D eigenvalue weighted by Crippen LogP contribution is 2.22. The van der Waals surface area contributed by atoms with Crippen molar-refractivity contribution in [2.24, 2.45) is 5.73 Å². The molecule has 0 spiro atoms. The molecule has 0 unspecified atom stereocenters. The number of hydrogen-bond donors (Lipinski definition) is 1. The Morgan fingerprint density at radius 2 is 1.87 bits per heavy atom. The highest BCUT2D eigenvalue weighted by molar-refractivity contribution is 5.69. The summed E-state index contributed by atoms with van der Waals surface area (Å²) in [7, 11) is 1.62. The molecule has 2 N–H and O–H groups in total. The zero-order valence-corrected chi connectivity index (χ0v) is 14.2. The van der Waals surface area contributed by atoms with Crippen LogP contribution >= 0.6 is 0 Å². The van der Waals surface area contributed by atoms with Crippen LogP contribution in [0.2, 0.25) is 0 Å². The van der Waals surface area contributed by atoms with Crippen LogP contribution in [0.3, 0.4) is 0 Å². The van der Waals surface area contributed by atoms with Gasteiger partial charge in [-0.25, -0.2) is 4.79 Å². The molecule has 1 aliphatic rings. The van der Waals surface area contributed by atoms with Crippen LogP contribution in [0.1, 0.15) is 27.2 Å². The monoisotopic (exact) mass is 322 g/mol. The molecule has 23 heavy (non-hydrogen) atoms. The number of amides is 1. The molecule has 128 valence electrons. The van der Waals surface area contributed by atoms with Crippen molar-refractivity contribution in [2.45, 2.75) is 44.9 Å². The molecule has 1 saturated heterocycles. The second-order valence-electron chi connectivity index (χ2n) is 6.77. The van der Waals surface area contributed by atoms with Gasteiger partial charge in [0, 0.05) is 12.6 Å². The zero-order valence-electron chi connectivity index (χ0n) is 14.2. The number of hydrogen-bond acceptors (Lipinski definition) is 5. The van der Waals surface area contributed by atoms with Gasteiger partial charge in [0.1, 0.15) is 23.7 Å². The second-order valence-corrected chi connectivity index (χ2v) is 6.77. The molecule has 1 aromatic rings. The third-order valence-electron chi connectivity index (χ3n) is 3.58. The Morgan fingerprint density at radius 3 is 2.43 bits per heavy atom. The van der Waals surface area contributed by atoms with E-state index in [2.05, 4.69) is 0 Å². The number of benzene rings is 1. The van der Waals surface area contributed by atoms with Crippen LogP contribution in [-0.2, 0) is 4.74 Å². The summed E-state index contributed by atoms with van der Waals surface area (Å²) in [6, 6.07) is 7.22. The summed E-state index contributed by atoms with van der Waals surface area (Å²) in [6.07, 6.45) is 0.365. The first-order chi connectivity index (χ1) is 10.8.